The van der Waals surface area contributed by atoms with Crippen LogP contribution in [0.25, 0.3) is 0 Å². The molecule has 0 saturated carbocycles. The summed E-state index contributed by atoms with van der Waals surface area (Å²) in [7, 11) is 0. The molecule has 19 nitrogen and oxygen atoms in total. The van der Waals surface area contributed by atoms with Crippen molar-refractivity contribution in [3.8, 4) is 0 Å². The van der Waals surface area contributed by atoms with Gasteiger partial charge in [0.1, 0.15) is 5.78 Å². The topological polar surface area (TPSA) is 349 Å². The number of hydrogen-bond acceptors (Lipinski definition) is 14. The second kappa shape index (κ2) is 40.0. The molecule has 80 heavy (non-hydrogen) atoms. The fraction of sp³-hybridized carbons (Fsp3) is 0.738. The van der Waals surface area contributed by atoms with Crippen molar-refractivity contribution in [2.75, 3.05) is 26.2 Å². The Bertz CT molecular complexity index is 2090. The summed E-state index contributed by atoms with van der Waals surface area (Å²) in [5.74, 6) is -9.67. The smallest absolute Gasteiger partial charge is 0.224 e. The molecule has 0 fully saturated rings. The summed E-state index contributed by atoms with van der Waals surface area (Å²) >= 11 is 0. The number of carbonyl (C=O) groups is 10. The lowest BCUT2D eigenvalue weighted by Gasteiger charge is -2.28. The maximum atomic E-state index is 14.7. The average Bonchev–Trinajstić information content (AvgIpc) is 3.40. The second-order valence-corrected chi connectivity index (χ2v) is 23.4. The maximum Gasteiger partial charge on any atom is 0.224 e. The van der Waals surface area contributed by atoms with E-state index in [2.05, 4.69) is 28.2 Å². The molecular formula is C61H105N9O10. The van der Waals surface area contributed by atoms with Crippen molar-refractivity contribution in [1.82, 2.24) is 21.3 Å². The van der Waals surface area contributed by atoms with Gasteiger partial charge in [-0.25, -0.2) is 0 Å². The Hall–Kier alpha value is -5.24. The lowest BCUT2D eigenvalue weighted by Crippen LogP contribution is -2.50. The van der Waals surface area contributed by atoms with Crippen LogP contribution in [0, 0.1) is 53.3 Å². The quantitative estimate of drug-likeness (QED) is 0.0385. The minimum absolute atomic E-state index is 0.00897. The lowest BCUT2D eigenvalue weighted by molar-refractivity contribution is -0.137. The molecule has 0 unspecified atom stereocenters. The summed E-state index contributed by atoms with van der Waals surface area (Å²) in [6, 6.07) is 4.84. The molecule has 19 heteroatoms. The molecule has 0 aliphatic carbocycles. The zero-order chi connectivity index (χ0) is 60.5. The third-order valence-electron chi connectivity index (χ3n) is 15.2. The van der Waals surface area contributed by atoms with Crippen molar-refractivity contribution in [3.05, 3.63) is 35.9 Å². The van der Waals surface area contributed by atoms with Gasteiger partial charge in [-0.3, -0.25) is 47.9 Å². The largest absolute Gasteiger partial charge is 0.369 e. The van der Waals surface area contributed by atoms with Crippen LogP contribution in [-0.2, 0) is 54.4 Å². The third-order valence-corrected chi connectivity index (χ3v) is 15.2. The van der Waals surface area contributed by atoms with Crippen molar-refractivity contribution in [1.29, 1.82) is 0 Å². The molecule has 1 aromatic carbocycles. The summed E-state index contributed by atoms with van der Waals surface area (Å²) < 4.78 is 0. The molecule has 14 N–H and O–H groups in total. The molecule has 1 aromatic rings. The van der Waals surface area contributed by atoms with Gasteiger partial charge in [0, 0.05) is 68.1 Å². The highest BCUT2D eigenvalue weighted by atomic mass is 16.2. The van der Waals surface area contributed by atoms with Crippen molar-refractivity contribution < 1.29 is 47.9 Å². The van der Waals surface area contributed by atoms with Crippen molar-refractivity contribution in [2.45, 2.75) is 208 Å². The van der Waals surface area contributed by atoms with Gasteiger partial charge in [-0.05, 0) is 107 Å². The van der Waals surface area contributed by atoms with Gasteiger partial charge in [0.25, 0.3) is 0 Å². The third kappa shape index (κ3) is 28.0. The first-order chi connectivity index (χ1) is 37.9. The predicted molar refractivity (Wildman–Crippen MR) is 314 cm³/mol. The summed E-state index contributed by atoms with van der Waals surface area (Å²) in [6.45, 7) is 17.3. The van der Waals surface area contributed by atoms with E-state index in [0.29, 0.717) is 12.8 Å². The number of ketones is 5. The zero-order valence-electron chi connectivity index (χ0n) is 50.1. The van der Waals surface area contributed by atoms with Gasteiger partial charge in [-0.2, -0.15) is 0 Å². The first-order valence-electron chi connectivity index (χ1n) is 29.8. The van der Waals surface area contributed by atoms with E-state index in [0.717, 1.165) is 37.7 Å². The molecule has 0 spiro atoms. The van der Waals surface area contributed by atoms with E-state index in [9.17, 15) is 47.9 Å². The normalized spacial score (nSPS) is 15.3. The Balaban J connectivity index is 3.46. The molecule has 10 atom stereocenters. The summed E-state index contributed by atoms with van der Waals surface area (Å²) in [6.07, 6.45) is 5.90. The second-order valence-electron chi connectivity index (χ2n) is 23.4. The first kappa shape index (κ1) is 72.8. The van der Waals surface area contributed by atoms with Crippen LogP contribution < -0.4 is 49.9 Å². The van der Waals surface area contributed by atoms with Gasteiger partial charge < -0.3 is 49.9 Å². The van der Waals surface area contributed by atoms with Crippen LogP contribution in [0.3, 0.4) is 0 Å². The molecule has 0 aliphatic heterocycles. The summed E-state index contributed by atoms with van der Waals surface area (Å²) in [5, 5.41) is 11.5. The van der Waals surface area contributed by atoms with Gasteiger partial charge in [-0.15, -0.1) is 0 Å². The minimum atomic E-state index is -1.14. The van der Waals surface area contributed by atoms with E-state index in [-0.39, 0.29) is 138 Å². The average molecular weight is 1120 g/mol. The van der Waals surface area contributed by atoms with E-state index in [1.165, 1.54) is 0 Å². The molecule has 5 amide bonds. The molecule has 0 bridgehead atoms. The van der Waals surface area contributed by atoms with Gasteiger partial charge >= 0.3 is 0 Å². The Morgan fingerprint density at radius 2 is 0.950 bits per heavy atom. The highest BCUT2D eigenvalue weighted by molar-refractivity contribution is 5.98. The molecule has 0 heterocycles. The first-order valence-corrected chi connectivity index (χ1v) is 29.8. The highest BCUT2D eigenvalue weighted by Gasteiger charge is 2.37. The van der Waals surface area contributed by atoms with E-state index in [1.54, 1.807) is 26.0 Å². The number of nitrogens with two attached hydrogens (primary N) is 5. The van der Waals surface area contributed by atoms with Gasteiger partial charge in [0.2, 0.25) is 29.5 Å². The van der Waals surface area contributed by atoms with Crippen molar-refractivity contribution in [2.24, 2.45) is 81.9 Å². The predicted octanol–water partition coefficient (Wildman–Crippen LogP) is 5.08. The van der Waals surface area contributed by atoms with Gasteiger partial charge in [0.15, 0.2) is 23.1 Å². The number of carbonyl (C=O) groups excluding carboxylic acids is 10. The zero-order valence-corrected chi connectivity index (χ0v) is 50.1. The minimum Gasteiger partial charge on any atom is -0.369 e. The SMILES string of the molecule is CCCCCCCC(=O)C[C@@H](CCN)C(=O)N[C@H](C(=O)C[C@@H](CCN)C(=O)N[C@H](Cc1ccccc1)C(=O)C[C@@H](CC(C)C)C(=O)N[C@@H](CCN)C(=O)C[C@@H](C(=O)N[C@@H](CC(C)C)C(=O)C[C@@H](CCN)C(N)=O)C(C)C)[C@@H](C)CC. The number of primary amides is 1. The maximum absolute atomic E-state index is 14.7. The fourth-order valence-corrected chi connectivity index (χ4v) is 10.1. The van der Waals surface area contributed by atoms with Crippen LogP contribution in [0.4, 0.5) is 0 Å². The Labute approximate surface area is 478 Å². The monoisotopic (exact) mass is 1120 g/mol. The van der Waals surface area contributed by atoms with Gasteiger partial charge in [0.05, 0.1) is 24.2 Å². The van der Waals surface area contributed by atoms with Crippen LogP contribution in [0.5, 0.6) is 0 Å². The van der Waals surface area contributed by atoms with E-state index >= 15 is 0 Å². The van der Waals surface area contributed by atoms with Crippen LogP contribution in [0.1, 0.15) is 183 Å². The molecule has 1 rings (SSSR count). The van der Waals surface area contributed by atoms with Gasteiger partial charge in [-0.1, -0.05) is 125 Å². The summed E-state index contributed by atoms with van der Waals surface area (Å²) in [5.41, 5.74) is 29.9. The number of Topliss-reactive ketones (excluding diaryl/α,β-unsaturated/α-hetero) is 5. The molecular weight excluding hydrogens is 1020 g/mol. The summed E-state index contributed by atoms with van der Waals surface area (Å²) in [4.78, 5) is 138. The molecule has 0 radical (unpaired) electrons. The molecule has 454 valence electrons. The molecule has 0 aliphatic rings. The number of rotatable bonds is 46. The number of benzene rings is 1. The number of hydrogen-bond donors (Lipinski definition) is 9. The van der Waals surface area contributed by atoms with Crippen molar-refractivity contribution >= 4 is 58.5 Å². The molecule has 0 saturated heterocycles. The van der Waals surface area contributed by atoms with Crippen molar-refractivity contribution in [3.63, 3.8) is 0 Å². The lowest BCUT2D eigenvalue weighted by atomic mass is 9.85. The Kier molecular flexibility index (Phi) is 36.4. The Morgan fingerprint density at radius 1 is 0.475 bits per heavy atom. The van der Waals surface area contributed by atoms with Crippen LogP contribution in [-0.4, -0.2) is 109 Å². The fourth-order valence-electron chi connectivity index (χ4n) is 10.1. The van der Waals surface area contributed by atoms with Crippen LogP contribution in [0.15, 0.2) is 30.3 Å². The Morgan fingerprint density at radius 3 is 1.49 bits per heavy atom. The van der Waals surface area contributed by atoms with Crippen LogP contribution >= 0.6 is 0 Å². The van der Waals surface area contributed by atoms with Crippen LogP contribution in [0.2, 0.25) is 0 Å². The van der Waals surface area contributed by atoms with E-state index < -0.39 is 101 Å². The van der Waals surface area contributed by atoms with E-state index in [1.807, 2.05) is 59.7 Å². The van der Waals surface area contributed by atoms with E-state index in [4.69, 9.17) is 28.7 Å². The number of amides is 5. The molecule has 0 aromatic heterocycles. The highest BCUT2D eigenvalue weighted by Crippen LogP contribution is 2.25. The number of unbranched alkanes of at least 4 members (excludes halogenated alkanes) is 4. The number of nitrogens with one attached hydrogen (secondary N) is 4. The standard InChI is InChI=1S/C61H105N9O10/c1-10-12-13-14-18-21-47(71)33-44(23-27-63)59(78)70-56(41(9)11-2)55(75)35-45(24-28-64)58(77)68-51(32-42-19-16-15-17-20-42)53(73)36-46(30-38(3)4)60(79)67-49(25-29-65)54(74)37-48(40(7)8)61(80)69-50(31-39(5)6)52(72)34-43(22-26-62)57(66)76/h15-17,19-20,38-41,43-46,48-51,56H,10-14,18,21-37,62-65H2,1-9H3,(H2,66,76)(H,67,79)(H,68,77)(H,69,80)(H,70,78)/t41-,43+,44+,45+,46+,48+,49-,50-,51+,56-/m0/s1.